The Morgan fingerprint density at radius 3 is 2.71 bits per heavy atom. The SMILES string of the molecule is CCCCc1nc2c(N)nc3ccccc3c2n1CCCCNC(=O)CCC. The van der Waals surface area contributed by atoms with Gasteiger partial charge in [0, 0.05) is 31.3 Å². The summed E-state index contributed by atoms with van der Waals surface area (Å²) in [5.74, 6) is 1.72. The molecule has 28 heavy (non-hydrogen) atoms. The number of carbonyl (C=O) groups excluding carboxylic acids is 1. The molecule has 3 N–H and O–H groups in total. The van der Waals surface area contributed by atoms with E-state index in [1.54, 1.807) is 0 Å². The zero-order valence-electron chi connectivity index (χ0n) is 17.0. The predicted octanol–water partition coefficient (Wildman–Crippen LogP) is 4.21. The number of amides is 1. The van der Waals surface area contributed by atoms with E-state index >= 15 is 0 Å². The van der Waals surface area contributed by atoms with E-state index in [-0.39, 0.29) is 5.91 Å². The van der Waals surface area contributed by atoms with Crippen LogP contribution >= 0.6 is 0 Å². The van der Waals surface area contributed by atoms with E-state index < -0.39 is 0 Å². The Morgan fingerprint density at radius 2 is 1.93 bits per heavy atom. The molecule has 0 saturated carbocycles. The number of rotatable bonds is 10. The number of imidazole rings is 1. The van der Waals surface area contributed by atoms with Crippen molar-refractivity contribution in [3.05, 3.63) is 30.1 Å². The smallest absolute Gasteiger partial charge is 0.219 e. The molecule has 1 amide bonds. The minimum Gasteiger partial charge on any atom is -0.382 e. The Labute approximate surface area is 166 Å². The maximum absolute atomic E-state index is 11.6. The third kappa shape index (κ3) is 4.43. The molecule has 0 radical (unpaired) electrons. The number of nitrogens with two attached hydrogens (primary N) is 1. The molecule has 0 aliphatic heterocycles. The number of unbranched alkanes of at least 4 members (excludes halogenated alkanes) is 2. The average Bonchev–Trinajstić information content (AvgIpc) is 3.06. The van der Waals surface area contributed by atoms with E-state index in [1.165, 1.54) is 0 Å². The number of nitrogens with one attached hydrogen (secondary N) is 1. The molecule has 0 bridgehead atoms. The number of aryl methyl sites for hydroxylation is 2. The van der Waals surface area contributed by atoms with E-state index in [1.807, 2.05) is 25.1 Å². The summed E-state index contributed by atoms with van der Waals surface area (Å²) in [7, 11) is 0. The summed E-state index contributed by atoms with van der Waals surface area (Å²) < 4.78 is 2.32. The van der Waals surface area contributed by atoms with Crippen molar-refractivity contribution in [2.45, 2.75) is 65.3 Å². The van der Waals surface area contributed by atoms with Gasteiger partial charge in [0.05, 0.1) is 11.0 Å². The van der Waals surface area contributed by atoms with Gasteiger partial charge in [-0.05, 0) is 31.7 Å². The molecule has 3 rings (SSSR count). The number of para-hydroxylation sites is 1. The second-order valence-corrected chi connectivity index (χ2v) is 7.30. The molecular weight excluding hydrogens is 350 g/mol. The topological polar surface area (TPSA) is 85.8 Å². The summed E-state index contributed by atoms with van der Waals surface area (Å²) in [5, 5.41) is 4.09. The second-order valence-electron chi connectivity index (χ2n) is 7.30. The van der Waals surface area contributed by atoms with Crippen LogP contribution in [-0.2, 0) is 17.8 Å². The van der Waals surface area contributed by atoms with Gasteiger partial charge in [-0.25, -0.2) is 9.97 Å². The van der Waals surface area contributed by atoms with Gasteiger partial charge in [-0.2, -0.15) is 0 Å². The lowest BCUT2D eigenvalue weighted by Gasteiger charge is -2.11. The number of carbonyl (C=O) groups is 1. The Balaban J connectivity index is 1.85. The summed E-state index contributed by atoms with van der Waals surface area (Å²) in [6.45, 7) is 5.80. The largest absolute Gasteiger partial charge is 0.382 e. The van der Waals surface area contributed by atoms with Gasteiger partial charge in [-0.15, -0.1) is 0 Å². The van der Waals surface area contributed by atoms with Crippen molar-refractivity contribution in [2.75, 3.05) is 12.3 Å². The zero-order chi connectivity index (χ0) is 19.9. The second kappa shape index (κ2) is 9.53. The monoisotopic (exact) mass is 381 g/mol. The van der Waals surface area contributed by atoms with Crippen molar-refractivity contribution in [1.29, 1.82) is 0 Å². The summed E-state index contributed by atoms with van der Waals surface area (Å²) in [6.07, 6.45) is 6.57. The van der Waals surface area contributed by atoms with Gasteiger partial charge in [0.15, 0.2) is 5.82 Å². The van der Waals surface area contributed by atoms with E-state index in [0.29, 0.717) is 12.2 Å². The molecule has 1 aromatic carbocycles. The summed E-state index contributed by atoms with van der Waals surface area (Å²) >= 11 is 0. The maximum Gasteiger partial charge on any atom is 0.219 e. The quantitative estimate of drug-likeness (QED) is 0.515. The van der Waals surface area contributed by atoms with Gasteiger partial charge in [0.1, 0.15) is 11.3 Å². The number of nitrogens with zero attached hydrogens (tertiary/aromatic N) is 3. The fraction of sp³-hybridized carbons (Fsp3) is 0.500. The third-order valence-electron chi connectivity index (χ3n) is 5.05. The fourth-order valence-corrected chi connectivity index (χ4v) is 3.61. The van der Waals surface area contributed by atoms with Crippen LogP contribution in [-0.4, -0.2) is 27.0 Å². The van der Waals surface area contributed by atoms with Gasteiger partial charge in [-0.3, -0.25) is 4.79 Å². The minimum atomic E-state index is 0.143. The van der Waals surface area contributed by atoms with Crippen LogP contribution in [0, 0.1) is 0 Å². The van der Waals surface area contributed by atoms with E-state index in [0.717, 1.165) is 79.4 Å². The van der Waals surface area contributed by atoms with Gasteiger partial charge in [0.2, 0.25) is 5.91 Å². The lowest BCUT2D eigenvalue weighted by Crippen LogP contribution is -2.24. The summed E-state index contributed by atoms with van der Waals surface area (Å²) in [4.78, 5) is 21.0. The van der Waals surface area contributed by atoms with Crippen LogP contribution in [0.3, 0.4) is 0 Å². The van der Waals surface area contributed by atoms with E-state index in [2.05, 4.69) is 27.9 Å². The highest BCUT2D eigenvalue weighted by Crippen LogP contribution is 2.29. The highest BCUT2D eigenvalue weighted by atomic mass is 16.1. The number of benzene rings is 1. The predicted molar refractivity (Wildman–Crippen MR) is 115 cm³/mol. The Hall–Kier alpha value is -2.63. The van der Waals surface area contributed by atoms with Gasteiger partial charge < -0.3 is 15.6 Å². The third-order valence-corrected chi connectivity index (χ3v) is 5.05. The van der Waals surface area contributed by atoms with Crippen LogP contribution in [0.5, 0.6) is 0 Å². The molecule has 2 heterocycles. The Bertz CT molecular complexity index is 947. The zero-order valence-corrected chi connectivity index (χ0v) is 17.0. The summed E-state index contributed by atoms with van der Waals surface area (Å²) in [5.41, 5.74) is 9.04. The first-order valence-corrected chi connectivity index (χ1v) is 10.5. The molecule has 6 nitrogen and oxygen atoms in total. The minimum absolute atomic E-state index is 0.143. The van der Waals surface area contributed by atoms with Crippen molar-refractivity contribution in [2.24, 2.45) is 0 Å². The Morgan fingerprint density at radius 1 is 1.11 bits per heavy atom. The molecule has 0 spiro atoms. The van der Waals surface area contributed by atoms with Crippen molar-refractivity contribution in [3.8, 4) is 0 Å². The van der Waals surface area contributed by atoms with Crippen LogP contribution in [0.1, 0.15) is 58.2 Å². The highest BCUT2D eigenvalue weighted by molar-refractivity contribution is 6.06. The molecule has 0 aliphatic carbocycles. The molecule has 2 aromatic heterocycles. The molecule has 6 heteroatoms. The average molecular weight is 382 g/mol. The first-order chi connectivity index (χ1) is 13.7. The van der Waals surface area contributed by atoms with Crippen LogP contribution < -0.4 is 11.1 Å². The number of hydrogen-bond donors (Lipinski definition) is 2. The standard InChI is InChI=1S/C22H31N5O/c1-3-5-13-18-26-20-21(16-11-6-7-12-17(16)25-22(20)23)27(18)15-9-8-14-24-19(28)10-4-2/h6-7,11-12H,3-5,8-10,13-15H2,1-2H3,(H2,23,25)(H,24,28). The summed E-state index contributed by atoms with van der Waals surface area (Å²) in [6, 6.07) is 8.11. The van der Waals surface area contributed by atoms with Crippen molar-refractivity contribution >= 4 is 33.7 Å². The first kappa shape index (κ1) is 20.1. The molecule has 150 valence electrons. The Kier molecular flexibility index (Phi) is 6.85. The number of pyridine rings is 1. The van der Waals surface area contributed by atoms with Crippen molar-refractivity contribution < 1.29 is 4.79 Å². The van der Waals surface area contributed by atoms with Gasteiger partial charge in [0.25, 0.3) is 0 Å². The highest BCUT2D eigenvalue weighted by Gasteiger charge is 2.16. The molecule has 0 unspecified atom stereocenters. The van der Waals surface area contributed by atoms with Crippen LogP contribution in [0.25, 0.3) is 21.9 Å². The van der Waals surface area contributed by atoms with Crippen LogP contribution in [0.15, 0.2) is 24.3 Å². The molecule has 0 fully saturated rings. The molecule has 3 aromatic rings. The molecule has 0 aliphatic rings. The lowest BCUT2D eigenvalue weighted by atomic mass is 10.2. The fourth-order valence-electron chi connectivity index (χ4n) is 3.61. The van der Waals surface area contributed by atoms with Crippen LogP contribution in [0.4, 0.5) is 5.82 Å². The van der Waals surface area contributed by atoms with Crippen LogP contribution in [0.2, 0.25) is 0 Å². The van der Waals surface area contributed by atoms with Gasteiger partial charge in [-0.1, -0.05) is 38.5 Å². The van der Waals surface area contributed by atoms with Gasteiger partial charge >= 0.3 is 0 Å². The molecular formula is C22H31N5O. The van der Waals surface area contributed by atoms with Crippen molar-refractivity contribution in [1.82, 2.24) is 19.9 Å². The number of nitrogen functional groups attached to an aromatic ring is 1. The normalized spacial score (nSPS) is 11.4. The van der Waals surface area contributed by atoms with E-state index in [4.69, 9.17) is 10.7 Å². The van der Waals surface area contributed by atoms with E-state index in [9.17, 15) is 4.79 Å². The molecule has 0 atom stereocenters. The number of hydrogen-bond acceptors (Lipinski definition) is 4. The first-order valence-electron chi connectivity index (χ1n) is 10.5. The van der Waals surface area contributed by atoms with Crippen molar-refractivity contribution in [3.63, 3.8) is 0 Å². The number of aromatic nitrogens is 3. The lowest BCUT2D eigenvalue weighted by molar-refractivity contribution is -0.121. The molecule has 0 saturated heterocycles. The number of anilines is 1. The maximum atomic E-state index is 11.6. The number of fused-ring (bicyclic) bond motifs is 3.